The maximum Gasteiger partial charge on any atom is 0.326 e. The molecule has 134 valence electrons. The van der Waals surface area contributed by atoms with Crippen LogP contribution in [0, 0.1) is 0 Å². The van der Waals surface area contributed by atoms with Crippen LogP contribution in [0.15, 0.2) is 22.7 Å². The van der Waals surface area contributed by atoms with Gasteiger partial charge in [0, 0.05) is 10.9 Å². The Bertz CT molecular complexity index is 773. The van der Waals surface area contributed by atoms with Gasteiger partial charge in [0.25, 0.3) is 5.91 Å². The Labute approximate surface area is 153 Å². The maximum atomic E-state index is 12.9. The number of amides is 3. The second-order valence-electron chi connectivity index (χ2n) is 7.26. The number of aliphatic hydroxyl groups is 1. The van der Waals surface area contributed by atoms with Gasteiger partial charge in [-0.1, -0.05) is 22.0 Å². The smallest absolute Gasteiger partial charge is 0.326 e. The third-order valence-electron chi connectivity index (χ3n) is 4.21. The number of benzene rings is 1. The van der Waals surface area contributed by atoms with Gasteiger partial charge in [0.1, 0.15) is 17.7 Å². The minimum atomic E-state index is -1.34. The molecule has 1 heterocycles. The molecule has 0 bridgehead atoms. The lowest BCUT2D eigenvalue weighted by atomic mass is 9.92. The number of aliphatic hydroxyl groups excluding tert-OH is 1. The van der Waals surface area contributed by atoms with E-state index in [1.807, 2.05) is 0 Å². The third-order valence-corrected chi connectivity index (χ3v) is 4.71. The first-order valence-corrected chi connectivity index (χ1v) is 8.67. The molecule has 0 saturated carbocycles. The molecule has 2 N–H and O–H groups in total. The zero-order chi connectivity index (χ0) is 18.6. The summed E-state index contributed by atoms with van der Waals surface area (Å²) in [6, 6.07) is 4.50. The number of nitrogens with one attached hydrogen (secondary N) is 1. The highest BCUT2D eigenvalue weighted by molar-refractivity contribution is 9.10. The molecule has 0 radical (unpaired) electrons. The van der Waals surface area contributed by atoms with Crippen molar-refractivity contribution in [2.24, 2.45) is 0 Å². The van der Waals surface area contributed by atoms with Crippen LogP contribution in [0.3, 0.4) is 0 Å². The lowest BCUT2D eigenvalue weighted by Gasteiger charge is -2.23. The molecule has 3 amide bonds. The monoisotopic (exact) mass is 410 g/mol. The minimum Gasteiger partial charge on any atom is -0.459 e. The molecule has 1 aromatic rings. The number of fused-ring (bicyclic) bond motifs is 2. The molecule has 25 heavy (non-hydrogen) atoms. The Kier molecular flexibility index (Phi) is 4.15. The van der Waals surface area contributed by atoms with Crippen LogP contribution in [0.2, 0.25) is 0 Å². The molecule has 0 aromatic heterocycles. The minimum absolute atomic E-state index is 0.0359. The molecule has 1 aromatic carbocycles. The summed E-state index contributed by atoms with van der Waals surface area (Å²) < 4.78 is 5.95. The van der Waals surface area contributed by atoms with Crippen molar-refractivity contribution in [3.8, 4) is 0 Å². The van der Waals surface area contributed by atoms with Crippen LogP contribution in [0.1, 0.15) is 44.4 Å². The van der Waals surface area contributed by atoms with Gasteiger partial charge in [0.15, 0.2) is 0 Å². The van der Waals surface area contributed by atoms with E-state index in [0.29, 0.717) is 11.1 Å². The molecular weight excluding hydrogens is 392 g/mol. The highest BCUT2D eigenvalue weighted by atomic mass is 79.9. The summed E-state index contributed by atoms with van der Waals surface area (Å²) in [6.07, 6.45) is -0.841. The first-order valence-electron chi connectivity index (χ1n) is 7.87. The van der Waals surface area contributed by atoms with Crippen LogP contribution in [0.4, 0.5) is 4.79 Å². The van der Waals surface area contributed by atoms with Gasteiger partial charge in [0.05, 0.1) is 6.10 Å². The third kappa shape index (κ3) is 3.04. The molecule has 7 nitrogen and oxygen atoms in total. The lowest BCUT2D eigenvalue weighted by molar-refractivity contribution is -0.157. The van der Waals surface area contributed by atoms with Gasteiger partial charge in [-0.2, -0.15) is 0 Å². The molecule has 3 rings (SSSR count). The predicted molar refractivity (Wildman–Crippen MR) is 91.5 cm³/mol. The number of hydrogen-bond acceptors (Lipinski definition) is 5. The van der Waals surface area contributed by atoms with Gasteiger partial charge < -0.3 is 15.2 Å². The first kappa shape index (κ1) is 17.9. The summed E-state index contributed by atoms with van der Waals surface area (Å²) in [5, 5.41) is 13.0. The van der Waals surface area contributed by atoms with Gasteiger partial charge >= 0.3 is 12.0 Å². The quantitative estimate of drug-likeness (QED) is 0.573. The van der Waals surface area contributed by atoms with E-state index in [0.717, 1.165) is 9.37 Å². The van der Waals surface area contributed by atoms with E-state index in [9.17, 15) is 19.5 Å². The van der Waals surface area contributed by atoms with E-state index in [4.69, 9.17) is 4.74 Å². The second kappa shape index (κ2) is 5.81. The van der Waals surface area contributed by atoms with E-state index in [1.54, 1.807) is 39.0 Å². The fourth-order valence-corrected chi connectivity index (χ4v) is 3.68. The molecule has 2 atom stereocenters. The molecule has 2 aliphatic rings. The lowest BCUT2D eigenvalue weighted by Crippen LogP contribution is -2.43. The number of hydrogen-bond donors (Lipinski definition) is 2. The highest BCUT2D eigenvalue weighted by Crippen LogP contribution is 2.47. The zero-order valence-corrected chi connectivity index (χ0v) is 15.7. The SMILES string of the molecule is CC(C)(C)OC(=O)CN1C(=O)N[C@]2(C[C@H](O)c3cc(Br)ccc32)C1=O. The summed E-state index contributed by atoms with van der Waals surface area (Å²) in [5.41, 5.74) is -0.916. The molecule has 1 aliphatic carbocycles. The molecular formula is C17H19BrN2O5. The zero-order valence-electron chi connectivity index (χ0n) is 14.1. The Balaban J connectivity index is 1.89. The van der Waals surface area contributed by atoms with E-state index in [1.165, 1.54) is 0 Å². The standard InChI is InChI=1S/C17H19BrN2O5/c1-16(2,3)25-13(22)8-20-14(23)17(19-15(20)24)7-12(21)10-6-9(18)4-5-11(10)17/h4-6,12,21H,7-8H2,1-3H3,(H,19,24)/t12-,17-/m0/s1. The number of esters is 1. The Morgan fingerprint density at radius 2 is 2.12 bits per heavy atom. The number of rotatable bonds is 2. The predicted octanol–water partition coefficient (Wildman–Crippen LogP) is 1.97. The first-order chi connectivity index (χ1) is 11.5. The van der Waals surface area contributed by atoms with E-state index in [2.05, 4.69) is 21.2 Å². The summed E-state index contributed by atoms with van der Waals surface area (Å²) in [7, 11) is 0. The van der Waals surface area contributed by atoms with Crippen molar-refractivity contribution in [2.75, 3.05) is 6.54 Å². The molecule has 1 spiro atoms. The molecule has 1 fully saturated rings. The Morgan fingerprint density at radius 3 is 2.76 bits per heavy atom. The van der Waals surface area contributed by atoms with Crippen LogP contribution >= 0.6 is 15.9 Å². The summed E-state index contributed by atoms with van der Waals surface area (Å²) in [4.78, 5) is 38.1. The van der Waals surface area contributed by atoms with Gasteiger partial charge in [0.2, 0.25) is 0 Å². The number of carbonyl (C=O) groups is 3. The fraction of sp³-hybridized carbons (Fsp3) is 0.471. The summed E-state index contributed by atoms with van der Waals surface area (Å²) >= 11 is 3.33. The average molecular weight is 411 g/mol. The number of carbonyl (C=O) groups excluding carboxylic acids is 3. The Morgan fingerprint density at radius 1 is 1.44 bits per heavy atom. The Hall–Kier alpha value is -1.93. The van der Waals surface area contributed by atoms with E-state index in [-0.39, 0.29) is 6.42 Å². The molecule has 8 heteroatoms. The van der Waals surface area contributed by atoms with Gasteiger partial charge in [-0.05, 0) is 44.0 Å². The topological polar surface area (TPSA) is 95.9 Å². The number of nitrogens with zero attached hydrogens (tertiary/aromatic N) is 1. The van der Waals surface area contributed by atoms with Gasteiger partial charge in [-0.3, -0.25) is 14.5 Å². The number of imide groups is 1. The summed E-state index contributed by atoms with van der Waals surface area (Å²) in [5.74, 6) is -1.22. The van der Waals surface area contributed by atoms with Crippen molar-refractivity contribution >= 4 is 33.8 Å². The van der Waals surface area contributed by atoms with Crippen LogP contribution in [-0.4, -0.2) is 40.1 Å². The average Bonchev–Trinajstić information content (AvgIpc) is 2.86. The van der Waals surface area contributed by atoms with Gasteiger partial charge in [-0.15, -0.1) is 0 Å². The summed E-state index contributed by atoms with van der Waals surface area (Å²) in [6.45, 7) is 4.66. The van der Waals surface area contributed by atoms with Crippen LogP contribution in [-0.2, 0) is 19.9 Å². The number of halogens is 1. The molecule has 1 saturated heterocycles. The van der Waals surface area contributed by atoms with Crippen LogP contribution < -0.4 is 5.32 Å². The largest absolute Gasteiger partial charge is 0.459 e. The molecule has 0 unspecified atom stereocenters. The highest BCUT2D eigenvalue weighted by Gasteiger charge is 2.58. The second-order valence-corrected chi connectivity index (χ2v) is 8.18. The number of ether oxygens (including phenoxy) is 1. The van der Waals surface area contributed by atoms with Crippen molar-refractivity contribution < 1.29 is 24.2 Å². The van der Waals surface area contributed by atoms with Crippen LogP contribution in [0.5, 0.6) is 0 Å². The van der Waals surface area contributed by atoms with E-state index >= 15 is 0 Å². The van der Waals surface area contributed by atoms with Crippen molar-refractivity contribution in [3.63, 3.8) is 0 Å². The van der Waals surface area contributed by atoms with Crippen molar-refractivity contribution in [2.45, 2.75) is 44.4 Å². The normalized spacial score (nSPS) is 25.3. The van der Waals surface area contributed by atoms with Crippen molar-refractivity contribution in [3.05, 3.63) is 33.8 Å². The van der Waals surface area contributed by atoms with E-state index < -0.39 is 41.7 Å². The van der Waals surface area contributed by atoms with Gasteiger partial charge in [-0.25, -0.2) is 4.79 Å². The number of urea groups is 1. The van der Waals surface area contributed by atoms with Crippen molar-refractivity contribution in [1.29, 1.82) is 0 Å². The fourth-order valence-electron chi connectivity index (χ4n) is 3.30. The maximum absolute atomic E-state index is 12.9. The van der Waals surface area contributed by atoms with Crippen molar-refractivity contribution in [1.82, 2.24) is 10.2 Å². The van der Waals surface area contributed by atoms with Crippen LogP contribution in [0.25, 0.3) is 0 Å². The molecule has 1 aliphatic heterocycles.